The summed E-state index contributed by atoms with van der Waals surface area (Å²) in [6, 6.07) is 10.1. The van der Waals surface area contributed by atoms with Crippen molar-refractivity contribution in [3.63, 3.8) is 0 Å². The van der Waals surface area contributed by atoms with Gasteiger partial charge in [0.1, 0.15) is 5.82 Å². The molecule has 2 aromatic rings. The molecule has 0 aliphatic heterocycles. The molecular weight excluding hydrogens is 250 g/mol. The van der Waals surface area contributed by atoms with Gasteiger partial charge >= 0.3 is 0 Å². The number of pyridine rings is 1. The largest absolute Gasteiger partial charge is 0.384 e. The van der Waals surface area contributed by atoms with E-state index in [0.29, 0.717) is 12.2 Å². The smallest absolute Gasteiger partial charge is 0.238 e. The van der Waals surface area contributed by atoms with Crippen LogP contribution in [-0.2, 0) is 16.4 Å². The molecule has 5 nitrogen and oxygen atoms in total. The number of rotatable bonds is 3. The summed E-state index contributed by atoms with van der Waals surface area (Å²) in [5.74, 6) is 0.456. The van der Waals surface area contributed by atoms with Crippen molar-refractivity contribution in [3.05, 3.63) is 53.7 Å². The lowest BCUT2D eigenvalue weighted by atomic mass is 10.1. The molecule has 1 aromatic heterocycles. The van der Waals surface area contributed by atoms with E-state index in [-0.39, 0.29) is 4.90 Å². The predicted molar refractivity (Wildman–Crippen MR) is 69.3 cm³/mol. The Morgan fingerprint density at radius 3 is 2.50 bits per heavy atom. The van der Waals surface area contributed by atoms with Gasteiger partial charge < -0.3 is 5.73 Å². The Bertz CT molecular complexity index is 651. The van der Waals surface area contributed by atoms with Crippen molar-refractivity contribution in [1.82, 2.24) is 4.98 Å². The lowest BCUT2D eigenvalue weighted by molar-refractivity contribution is 0.597. The number of nitrogens with two attached hydrogens (primary N) is 2. The van der Waals surface area contributed by atoms with Crippen molar-refractivity contribution < 1.29 is 8.42 Å². The molecule has 0 saturated carbocycles. The van der Waals surface area contributed by atoms with E-state index in [0.717, 1.165) is 11.1 Å². The van der Waals surface area contributed by atoms with Gasteiger partial charge in [-0.2, -0.15) is 0 Å². The van der Waals surface area contributed by atoms with Crippen molar-refractivity contribution in [2.75, 3.05) is 5.73 Å². The molecule has 0 aliphatic carbocycles. The number of primary sulfonamides is 1. The molecule has 4 N–H and O–H groups in total. The molecule has 0 atom stereocenters. The quantitative estimate of drug-likeness (QED) is 0.859. The zero-order valence-corrected chi connectivity index (χ0v) is 10.4. The molecule has 18 heavy (non-hydrogen) atoms. The van der Waals surface area contributed by atoms with Crippen LogP contribution in [0.25, 0.3) is 0 Å². The van der Waals surface area contributed by atoms with Crippen LogP contribution in [0.15, 0.2) is 47.5 Å². The fourth-order valence-electron chi connectivity index (χ4n) is 1.61. The van der Waals surface area contributed by atoms with Crippen molar-refractivity contribution >= 4 is 15.8 Å². The number of sulfonamides is 1. The Labute approximate surface area is 106 Å². The summed E-state index contributed by atoms with van der Waals surface area (Å²) < 4.78 is 22.5. The molecular formula is C12H13N3O2S. The standard InChI is InChI=1S/C12H13N3O2S/c13-12-5-4-10(8-15-12)6-9-2-1-3-11(7-9)18(14,16)17/h1-5,7-8H,6H2,(H2,13,15)(H2,14,16,17). The molecule has 0 unspecified atom stereocenters. The molecule has 2 rings (SSSR count). The predicted octanol–water partition coefficient (Wildman–Crippen LogP) is 0.902. The highest BCUT2D eigenvalue weighted by Crippen LogP contribution is 2.14. The second kappa shape index (κ2) is 4.75. The summed E-state index contributed by atoms with van der Waals surface area (Å²) in [4.78, 5) is 4.10. The lowest BCUT2D eigenvalue weighted by Crippen LogP contribution is -2.12. The summed E-state index contributed by atoms with van der Waals surface area (Å²) in [6.07, 6.45) is 2.25. The third-order valence-corrected chi connectivity index (χ3v) is 3.39. The third kappa shape index (κ3) is 3.06. The summed E-state index contributed by atoms with van der Waals surface area (Å²) in [5, 5.41) is 5.08. The molecule has 0 aliphatic rings. The summed E-state index contributed by atoms with van der Waals surface area (Å²) in [5.41, 5.74) is 7.30. The number of hydrogen-bond donors (Lipinski definition) is 2. The van der Waals surface area contributed by atoms with E-state index in [2.05, 4.69) is 4.98 Å². The first kappa shape index (κ1) is 12.5. The van der Waals surface area contributed by atoms with Gasteiger partial charge in [0, 0.05) is 6.20 Å². The molecule has 0 spiro atoms. The van der Waals surface area contributed by atoms with E-state index in [9.17, 15) is 8.42 Å². The maximum absolute atomic E-state index is 11.2. The zero-order valence-electron chi connectivity index (χ0n) is 9.58. The SMILES string of the molecule is Nc1ccc(Cc2cccc(S(N)(=O)=O)c2)cn1. The van der Waals surface area contributed by atoms with Crippen LogP contribution < -0.4 is 10.9 Å². The zero-order chi connectivity index (χ0) is 13.2. The number of hydrogen-bond acceptors (Lipinski definition) is 4. The van der Waals surface area contributed by atoms with E-state index in [1.807, 2.05) is 12.1 Å². The van der Waals surface area contributed by atoms with Crippen LogP contribution in [0.4, 0.5) is 5.82 Å². The summed E-state index contributed by atoms with van der Waals surface area (Å²) in [6.45, 7) is 0. The number of benzene rings is 1. The van der Waals surface area contributed by atoms with Crippen LogP contribution >= 0.6 is 0 Å². The minimum Gasteiger partial charge on any atom is -0.384 e. The third-order valence-electron chi connectivity index (χ3n) is 2.48. The highest BCUT2D eigenvalue weighted by atomic mass is 32.2. The van der Waals surface area contributed by atoms with Gasteiger partial charge in [-0.15, -0.1) is 0 Å². The van der Waals surface area contributed by atoms with Crippen LogP contribution in [0, 0.1) is 0 Å². The van der Waals surface area contributed by atoms with Crippen LogP contribution in [-0.4, -0.2) is 13.4 Å². The van der Waals surface area contributed by atoms with Gasteiger partial charge in [-0.1, -0.05) is 18.2 Å². The average molecular weight is 263 g/mol. The van der Waals surface area contributed by atoms with Gasteiger partial charge in [0.15, 0.2) is 0 Å². The van der Waals surface area contributed by atoms with Crippen molar-refractivity contribution in [1.29, 1.82) is 0 Å². The molecule has 0 saturated heterocycles. The maximum Gasteiger partial charge on any atom is 0.238 e. The Hall–Kier alpha value is -1.92. The first-order valence-corrected chi connectivity index (χ1v) is 6.82. The lowest BCUT2D eigenvalue weighted by Gasteiger charge is -2.04. The normalized spacial score (nSPS) is 11.4. The molecule has 6 heteroatoms. The van der Waals surface area contributed by atoms with Crippen molar-refractivity contribution in [3.8, 4) is 0 Å². The van der Waals surface area contributed by atoms with E-state index >= 15 is 0 Å². The van der Waals surface area contributed by atoms with E-state index < -0.39 is 10.0 Å². The monoisotopic (exact) mass is 263 g/mol. The van der Waals surface area contributed by atoms with Gasteiger partial charge in [-0.25, -0.2) is 18.5 Å². The van der Waals surface area contributed by atoms with Gasteiger partial charge in [0.2, 0.25) is 10.0 Å². The van der Waals surface area contributed by atoms with Crippen LogP contribution in [0.1, 0.15) is 11.1 Å². The first-order valence-electron chi connectivity index (χ1n) is 5.27. The number of nitrogens with zero attached hydrogens (tertiary/aromatic N) is 1. The molecule has 0 amide bonds. The number of aromatic nitrogens is 1. The highest BCUT2D eigenvalue weighted by Gasteiger charge is 2.08. The molecule has 94 valence electrons. The molecule has 0 radical (unpaired) electrons. The van der Waals surface area contributed by atoms with E-state index in [1.54, 1.807) is 24.4 Å². The molecule has 1 aromatic carbocycles. The minimum absolute atomic E-state index is 0.114. The summed E-state index contributed by atoms with van der Waals surface area (Å²) >= 11 is 0. The van der Waals surface area contributed by atoms with Gasteiger partial charge in [-0.3, -0.25) is 0 Å². The average Bonchev–Trinajstić information content (AvgIpc) is 2.31. The second-order valence-corrected chi connectivity index (χ2v) is 5.52. The van der Waals surface area contributed by atoms with Gasteiger partial charge in [0.25, 0.3) is 0 Å². The van der Waals surface area contributed by atoms with Crippen LogP contribution in [0.2, 0.25) is 0 Å². The fourth-order valence-corrected chi connectivity index (χ4v) is 2.19. The molecule has 0 fully saturated rings. The van der Waals surface area contributed by atoms with Gasteiger partial charge in [0.05, 0.1) is 4.90 Å². The van der Waals surface area contributed by atoms with Crippen molar-refractivity contribution in [2.45, 2.75) is 11.3 Å². The van der Waals surface area contributed by atoms with E-state index in [4.69, 9.17) is 10.9 Å². The Morgan fingerprint density at radius 2 is 1.89 bits per heavy atom. The van der Waals surface area contributed by atoms with E-state index in [1.165, 1.54) is 6.07 Å². The van der Waals surface area contributed by atoms with Crippen molar-refractivity contribution in [2.24, 2.45) is 5.14 Å². The minimum atomic E-state index is -3.66. The van der Waals surface area contributed by atoms with Crippen LogP contribution in [0.3, 0.4) is 0 Å². The molecule has 1 heterocycles. The van der Waals surface area contributed by atoms with Gasteiger partial charge in [-0.05, 0) is 35.7 Å². The maximum atomic E-state index is 11.2. The number of nitrogen functional groups attached to an aromatic ring is 1. The van der Waals surface area contributed by atoms with Crippen LogP contribution in [0.5, 0.6) is 0 Å². The first-order chi connectivity index (χ1) is 8.45. The molecule has 0 bridgehead atoms. The number of anilines is 1. The topological polar surface area (TPSA) is 99.1 Å². The Kier molecular flexibility index (Phi) is 3.31. The summed E-state index contributed by atoms with van der Waals surface area (Å²) in [7, 11) is -3.66. The second-order valence-electron chi connectivity index (χ2n) is 3.96. The fraction of sp³-hybridized carbons (Fsp3) is 0.0833. The Morgan fingerprint density at radius 1 is 1.11 bits per heavy atom. The highest BCUT2D eigenvalue weighted by molar-refractivity contribution is 7.89. The Balaban J connectivity index is 2.27.